The highest BCUT2D eigenvalue weighted by molar-refractivity contribution is 9.10. The Morgan fingerprint density at radius 3 is 2.55 bits per heavy atom. The van der Waals surface area contributed by atoms with E-state index in [-0.39, 0.29) is 24.3 Å². The fourth-order valence-electron chi connectivity index (χ4n) is 3.72. The Morgan fingerprint density at radius 2 is 1.79 bits per heavy atom. The zero-order valence-corrected chi connectivity index (χ0v) is 18.7. The van der Waals surface area contributed by atoms with Crippen molar-refractivity contribution in [2.75, 3.05) is 13.2 Å². The quantitative estimate of drug-likeness (QED) is 0.632. The van der Waals surface area contributed by atoms with Crippen LogP contribution < -0.4 is 5.32 Å². The number of amides is 2. The first-order valence-corrected chi connectivity index (χ1v) is 11.0. The maximum Gasteiger partial charge on any atom is 0.410 e. The zero-order valence-electron chi connectivity index (χ0n) is 15.6. The average Bonchev–Trinajstić information content (AvgIpc) is 3.29. The highest BCUT2D eigenvalue weighted by Gasteiger charge is 2.37. The van der Waals surface area contributed by atoms with Gasteiger partial charge in [-0.2, -0.15) is 0 Å². The number of alkyl carbamates (subject to hydrolysis) is 1. The lowest BCUT2D eigenvalue weighted by molar-refractivity contribution is 0.155. The van der Waals surface area contributed by atoms with Crippen molar-refractivity contribution in [1.82, 2.24) is 10.2 Å². The van der Waals surface area contributed by atoms with E-state index in [4.69, 9.17) is 9.47 Å². The Morgan fingerprint density at radius 1 is 1.00 bits per heavy atom. The van der Waals surface area contributed by atoms with Gasteiger partial charge in [-0.1, -0.05) is 62.2 Å². The summed E-state index contributed by atoms with van der Waals surface area (Å²) in [6.45, 7) is 1.66. The van der Waals surface area contributed by atoms with E-state index in [1.165, 1.54) is 16.7 Å². The molecule has 0 aromatic heterocycles. The normalized spacial score (nSPS) is 21.9. The summed E-state index contributed by atoms with van der Waals surface area (Å²) in [5.41, 5.74) is 3.72. The van der Waals surface area contributed by atoms with E-state index < -0.39 is 0 Å². The lowest BCUT2D eigenvalue weighted by atomic mass is 9.95. The van der Waals surface area contributed by atoms with Crippen LogP contribution in [0.3, 0.4) is 0 Å². The molecule has 0 bridgehead atoms. The SMILES string of the molecule is O=C1N[C@H](Cc2ccccc2Br)CO1.O=C1OC[C@H]2Cc3c(Br)cccc3CN12. The first kappa shape index (κ1) is 20.2. The molecule has 0 spiro atoms. The third kappa shape index (κ3) is 4.59. The van der Waals surface area contributed by atoms with Crippen molar-refractivity contribution in [3.63, 3.8) is 0 Å². The molecular formula is C21H20Br2N2O4. The molecule has 2 aromatic carbocycles. The number of nitrogens with zero attached hydrogens (tertiary/aromatic N) is 1. The molecule has 152 valence electrons. The number of cyclic esters (lactones) is 2. The maximum absolute atomic E-state index is 11.4. The standard InChI is InChI=1S/C11H10BrNO2.C10H10BrNO2/c12-10-3-1-2-7-5-13-8(4-9(7)10)6-15-11(13)14;11-9-4-2-1-3-7(9)5-8-6-14-10(13)12-8/h1-3,8H,4-6H2;1-4,8H,5-6H2,(H,12,13)/t2*8-/m11/s1. The number of carbonyl (C=O) groups excluding carboxylic acids is 2. The summed E-state index contributed by atoms with van der Waals surface area (Å²) in [5.74, 6) is 0. The first-order chi connectivity index (χ1) is 14.0. The number of nitrogens with one attached hydrogen (secondary N) is 1. The molecule has 0 radical (unpaired) electrons. The monoisotopic (exact) mass is 522 g/mol. The van der Waals surface area contributed by atoms with Crippen molar-refractivity contribution in [2.45, 2.75) is 31.5 Å². The maximum atomic E-state index is 11.4. The molecule has 29 heavy (non-hydrogen) atoms. The fraction of sp³-hybridized carbons (Fsp3) is 0.333. The molecule has 3 heterocycles. The van der Waals surface area contributed by atoms with E-state index in [0.717, 1.165) is 21.8 Å². The molecule has 8 heteroatoms. The number of ether oxygens (including phenoxy) is 2. The minimum absolute atomic E-state index is 0.0983. The molecule has 0 unspecified atom stereocenters. The average molecular weight is 524 g/mol. The lowest BCUT2D eigenvalue weighted by Gasteiger charge is -2.29. The second-order valence-electron chi connectivity index (χ2n) is 7.18. The summed E-state index contributed by atoms with van der Waals surface area (Å²) in [6, 6.07) is 14.4. The summed E-state index contributed by atoms with van der Waals surface area (Å²) in [7, 11) is 0. The number of halogens is 2. The van der Waals surface area contributed by atoms with Crippen LogP contribution in [0.15, 0.2) is 51.4 Å². The number of fused-ring (bicyclic) bond motifs is 2. The molecule has 2 atom stereocenters. The zero-order chi connectivity index (χ0) is 20.4. The fourth-order valence-corrected chi connectivity index (χ4v) is 4.73. The summed E-state index contributed by atoms with van der Waals surface area (Å²) in [4.78, 5) is 24.0. The van der Waals surface area contributed by atoms with Crippen LogP contribution in [0.4, 0.5) is 9.59 Å². The lowest BCUT2D eigenvalue weighted by Crippen LogP contribution is -2.38. The van der Waals surface area contributed by atoms with Gasteiger partial charge in [-0.15, -0.1) is 0 Å². The Labute approximate surface area is 185 Å². The highest BCUT2D eigenvalue weighted by atomic mass is 79.9. The van der Waals surface area contributed by atoms with Crippen LogP contribution in [0.5, 0.6) is 0 Å². The third-order valence-corrected chi connectivity index (χ3v) is 6.75. The number of rotatable bonds is 2. The number of hydrogen-bond donors (Lipinski definition) is 1. The molecular weight excluding hydrogens is 504 g/mol. The molecule has 2 aromatic rings. The first-order valence-electron chi connectivity index (χ1n) is 9.37. The molecule has 3 aliphatic rings. The summed E-state index contributed by atoms with van der Waals surface area (Å²) < 4.78 is 12.1. The van der Waals surface area contributed by atoms with Gasteiger partial charge in [0.25, 0.3) is 0 Å². The van der Waals surface area contributed by atoms with Gasteiger partial charge in [-0.05, 0) is 41.7 Å². The molecule has 2 saturated heterocycles. The number of benzene rings is 2. The van der Waals surface area contributed by atoms with Crippen molar-refractivity contribution >= 4 is 44.0 Å². The van der Waals surface area contributed by atoms with Crippen LogP contribution in [0.2, 0.25) is 0 Å². The van der Waals surface area contributed by atoms with Gasteiger partial charge in [-0.25, -0.2) is 9.59 Å². The van der Waals surface area contributed by atoms with E-state index in [1.54, 1.807) is 0 Å². The molecule has 6 nitrogen and oxygen atoms in total. The van der Waals surface area contributed by atoms with Gasteiger partial charge in [0.05, 0.1) is 12.1 Å². The van der Waals surface area contributed by atoms with E-state index >= 15 is 0 Å². The largest absolute Gasteiger partial charge is 0.447 e. The summed E-state index contributed by atoms with van der Waals surface area (Å²) in [5, 5.41) is 2.75. The van der Waals surface area contributed by atoms with Crippen LogP contribution >= 0.6 is 31.9 Å². The topological polar surface area (TPSA) is 67.9 Å². The Kier molecular flexibility index (Phi) is 6.10. The van der Waals surface area contributed by atoms with Crippen molar-refractivity contribution in [2.24, 2.45) is 0 Å². The Bertz CT molecular complexity index is 937. The predicted octanol–water partition coefficient (Wildman–Crippen LogP) is 4.43. The van der Waals surface area contributed by atoms with Gasteiger partial charge in [0.2, 0.25) is 0 Å². The second kappa shape index (κ2) is 8.75. The summed E-state index contributed by atoms with van der Waals surface area (Å²) >= 11 is 7.02. The van der Waals surface area contributed by atoms with Crippen molar-refractivity contribution in [3.8, 4) is 0 Å². The van der Waals surface area contributed by atoms with Gasteiger partial charge in [0.1, 0.15) is 13.2 Å². The third-order valence-electron chi connectivity index (χ3n) is 5.23. The molecule has 2 amide bonds. The van der Waals surface area contributed by atoms with Crippen molar-refractivity contribution in [3.05, 3.63) is 68.1 Å². The number of hydrogen-bond acceptors (Lipinski definition) is 4. The van der Waals surface area contributed by atoms with Gasteiger partial charge >= 0.3 is 12.2 Å². The van der Waals surface area contributed by atoms with Crippen LogP contribution in [-0.4, -0.2) is 42.4 Å². The van der Waals surface area contributed by atoms with E-state index in [2.05, 4.69) is 43.2 Å². The number of carbonyl (C=O) groups is 2. The molecule has 0 saturated carbocycles. The van der Waals surface area contributed by atoms with E-state index in [9.17, 15) is 9.59 Å². The molecule has 1 N–H and O–H groups in total. The molecule has 5 rings (SSSR count). The van der Waals surface area contributed by atoms with Crippen LogP contribution in [0.1, 0.15) is 16.7 Å². The summed E-state index contributed by atoms with van der Waals surface area (Å²) in [6.07, 6.45) is 1.20. The minimum atomic E-state index is -0.318. The Balaban J connectivity index is 0.000000142. The highest BCUT2D eigenvalue weighted by Crippen LogP contribution is 2.31. The minimum Gasteiger partial charge on any atom is -0.447 e. The van der Waals surface area contributed by atoms with Crippen LogP contribution in [0.25, 0.3) is 0 Å². The van der Waals surface area contributed by atoms with E-state index in [1.807, 2.05) is 41.3 Å². The smallest absolute Gasteiger partial charge is 0.410 e. The second-order valence-corrected chi connectivity index (χ2v) is 8.88. The molecule has 2 fully saturated rings. The molecule has 0 aliphatic carbocycles. The van der Waals surface area contributed by atoms with Crippen LogP contribution in [-0.2, 0) is 28.9 Å². The van der Waals surface area contributed by atoms with Gasteiger partial charge in [0.15, 0.2) is 0 Å². The van der Waals surface area contributed by atoms with Gasteiger partial charge in [-0.3, -0.25) is 4.90 Å². The predicted molar refractivity (Wildman–Crippen MR) is 115 cm³/mol. The van der Waals surface area contributed by atoms with Crippen LogP contribution in [0, 0.1) is 0 Å². The van der Waals surface area contributed by atoms with E-state index in [0.29, 0.717) is 19.8 Å². The Hall–Kier alpha value is -2.06. The molecule has 3 aliphatic heterocycles. The van der Waals surface area contributed by atoms with Crippen molar-refractivity contribution < 1.29 is 19.1 Å². The van der Waals surface area contributed by atoms with Crippen molar-refractivity contribution in [1.29, 1.82) is 0 Å². The van der Waals surface area contributed by atoms with Gasteiger partial charge < -0.3 is 14.8 Å². The van der Waals surface area contributed by atoms with Gasteiger partial charge in [0, 0.05) is 15.5 Å².